The molecule has 0 bridgehead atoms. The molecule has 9 heteroatoms. The lowest BCUT2D eigenvalue weighted by molar-refractivity contribution is 0.282. The Morgan fingerprint density at radius 2 is 2.30 bits per heavy atom. The van der Waals surface area contributed by atoms with Crippen LogP contribution >= 0.6 is 11.3 Å². The van der Waals surface area contributed by atoms with Crippen LogP contribution < -0.4 is 4.72 Å². The van der Waals surface area contributed by atoms with Crippen LogP contribution in [0.4, 0.5) is 0 Å². The number of rotatable bonds is 7. The van der Waals surface area contributed by atoms with E-state index < -0.39 is 10.0 Å². The van der Waals surface area contributed by atoms with Crippen molar-refractivity contribution in [3.63, 3.8) is 0 Å². The maximum atomic E-state index is 12.2. The normalized spacial score (nSPS) is 11.9. The van der Waals surface area contributed by atoms with E-state index in [1.807, 2.05) is 0 Å². The number of sulfonamides is 1. The first kappa shape index (κ1) is 15.1. The smallest absolute Gasteiger partial charge is 0.242 e. The zero-order valence-corrected chi connectivity index (χ0v) is 12.6. The number of hydrogen-bond acceptors (Lipinski definition) is 6. The van der Waals surface area contributed by atoms with Crippen LogP contribution in [-0.4, -0.2) is 35.3 Å². The number of aromatic amines is 1. The summed E-state index contributed by atoms with van der Waals surface area (Å²) in [5, 5.41) is 17.4. The Balaban J connectivity index is 1.95. The molecule has 3 N–H and O–H groups in total. The first-order valence-corrected chi connectivity index (χ1v) is 8.42. The van der Waals surface area contributed by atoms with E-state index in [-0.39, 0.29) is 11.5 Å². The van der Waals surface area contributed by atoms with E-state index in [4.69, 9.17) is 0 Å². The van der Waals surface area contributed by atoms with Crippen LogP contribution in [0.2, 0.25) is 0 Å². The third-order valence-corrected chi connectivity index (χ3v) is 5.66. The Kier molecular flexibility index (Phi) is 4.86. The molecule has 2 aromatic rings. The van der Waals surface area contributed by atoms with Crippen LogP contribution in [0, 0.1) is 6.92 Å². The highest BCUT2D eigenvalue weighted by atomic mass is 32.2. The second kappa shape index (κ2) is 6.44. The predicted octanol–water partition coefficient (Wildman–Crippen LogP) is 0.578. The molecule has 0 radical (unpaired) electrons. The summed E-state index contributed by atoms with van der Waals surface area (Å²) in [5.41, 5.74) is 0.654. The van der Waals surface area contributed by atoms with Gasteiger partial charge in [0.1, 0.15) is 17.0 Å². The fourth-order valence-electron chi connectivity index (χ4n) is 1.84. The number of thiophene rings is 1. The van der Waals surface area contributed by atoms with Crippen LogP contribution in [-0.2, 0) is 23.1 Å². The summed E-state index contributed by atoms with van der Waals surface area (Å²) >= 11 is 1.25. The molecule has 0 aromatic carbocycles. The number of aromatic nitrogens is 3. The van der Waals surface area contributed by atoms with Gasteiger partial charge in [-0.1, -0.05) is 0 Å². The first-order chi connectivity index (χ1) is 9.54. The Labute approximate surface area is 121 Å². The van der Waals surface area contributed by atoms with E-state index in [1.165, 1.54) is 17.7 Å². The molecule has 2 heterocycles. The Hall–Kier alpha value is -1.29. The molecule has 0 amide bonds. The van der Waals surface area contributed by atoms with Crippen LogP contribution in [0.5, 0.6) is 0 Å². The van der Waals surface area contributed by atoms with Gasteiger partial charge < -0.3 is 5.11 Å². The largest absolute Gasteiger partial charge is 0.391 e. The Morgan fingerprint density at radius 3 is 2.95 bits per heavy atom. The molecule has 7 nitrogen and oxygen atoms in total. The highest BCUT2D eigenvalue weighted by molar-refractivity contribution is 7.89. The minimum atomic E-state index is -3.58. The molecule has 0 aliphatic carbocycles. The molecular formula is C11H16N4O3S2. The van der Waals surface area contributed by atoms with Crippen LogP contribution in [0.25, 0.3) is 0 Å². The number of aliphatic hydroxyl groups excluding tert-OH is 1. The van der Waals surface area contributed by atoms with Crippen molar-refractivity contribution in [3.8, 4) is 0 Å². The number of H-pyrrole nitrogens is 1. The van der Waals surface area contributed by atoms with Gasteiger partial charge in [-0.25, -0.2) is 18.1 Å². The van der Waals surface area contributed by atoms with E-state index in [9.17, 15) is 13.5 Å². The van der Waals surface area contributed by atoms with Gasteiger partial charge in [0, 0.05) is 13.0 Å². The van der Waals surface area contributed by atoms with Crippen molar-refractivity contribution in [3.05, 3.63) is 28.0 Å². The summed E-state index contributed by atoms with van der Waals surface area (Å²) in [7, 11) is -3.58. The van der Waals surface area contributed by atoms with Crippen molar-refractivity contribution < 1.29 is 13.5 Å². The molecule has 110 valence electrons. The van der Waals surface area contributed by atoms with Gasteiger partial charge in [-0.3, -0.25) is 5.10 Å². The number of hydrogen-bond donors (Lipinski definition) is 3. The first-order valence-electron chi connectivity index (χ1n) is 6.06. The van der Waals surface area contributed by atoms with Gasteiger partial charge in [0.05, 0.1) is 11.5 Å². The number of nitrogens with zero attached hydrogens (tertiary/aromatic N) is 2. The molecule has 0 spiro atoms. The van der Waals surface area contributed by atoms with Gasteiger partial charge in [0.15, 0.2) is 0 Å². The predicted molar refractivity (Wildman–Crippen MR) is 74.9 cm³/mol. The molecule has 0 atom stereocenters. The summed E-state index contributed by atoms with van der Waals surface area (Å²) in [5.74, 6) is 0.729. The van der Waals surface area contributed by atoms with Crippen LogP contribution in [0.15, 0.2) is 16.6 Å². The quantitative estimate of drug-likeness (QED) is 0.648. The fraction of sp³-hybridized carbons (Fsp3) is 0.455. The molecule has 0 aliphatic heterocycles. The van der Waals surface area contributed by atoms with E-state index in [1.54, 1.807) is 12.3 Å². The standard InChI is InChI=1S/C11H16N4O3S2/c1-8-6-19-9(5-16)11(8)20(17,18)14-4-2-3-10-12-7-13-15-10/h6-7,14,16H,2-5H2,1H3,(H,12,13,15). The average molecular weight is 316 g/mol. The zero-order valence-electron chi connectivity index (χ0n) is 11.0. The third-order valence-electron chi connectivity index (χ3n) is 2.75. The molecule has 0 saturated heterocycles. The molecule has 0 fully saturated rings. The van der Waals surface area contributed by atoms with Crippen molar-refractivity contribution in [2.75, 3.05) is 6.54 Å². The van der Waals surface area contributed by atoms with Crippen molar-refractivity contribution in [2.45, 2.75) is 31.3 Å². The summed E-state index contributed by atoms with van der Waals surface area (Å²) in [6.07, 6.45) is 2.66. The number of nitrogens with one attached hydrogen (secondary N) is 2. The highest BCUT2D eigenvalue weighted by Crippen LogP contribution is 2.26. The van der Waals surface area contributed by atoms with Crippen LogP contribution in [0.1, 0.15) is 22.7 Å². The minimum absolute atomic E-state index is 0.199. The SMILES string of the molecule is Cc1csc(CO)c1S(=O)(=O)NCCCc1ncn[nH]1. The monoisotopic (exact) mass is 316 g/mol. The van der Waals surface area contributed by atoms with Gasteiger partial charge in [0.25, 0.3) is 0 Å². The van der Waals surface area contributed by atoms with E-state index in [0.717, 1.165) is 5.82 Å². The highest BCUT2D eigenvalue weighted by Gasteiger charge is 2.22. The summed E-state index contributed by atoms with van der Waals surface area (Å²) in [6.45, 7) is 1.76. The Morgan fingerprint density at radius 1 is 1.50 bits per heavy atom. The second-order valence-electron chi connectivity index (χ2n) is 4.26. The fourth-order valence-corrected chi connectivity index (χ4v) is 4.58. The lowest BCUT2D eigenvalue weighted by Crippen LogP contribution is -2.26. The zero-order chi connectivity index (χ0) is 14.6. The summed E-state index contributed by atoms with van der Waals surface area (Å²) < 4.78 is 27.0. The molecule has 2 rings (SSSR count). The van der Waals surface area contributed by atoms with Crippen molar-refractivity contribution in [2.24, 2.45) is 0 Å². The van der Waals surface area contributed by atoms with Gasteiger partial charge >= 0.3 is 0 Å². The summed E-state index contributed by atoms with van der Waals surface area (Å²) in [4.78, 5) is 4.63. The van der Waals surface area contributed by atoms with Gasteiger partial charge in [0.2, 0.25) is 10.0 Å². The summed E-state index contributed by atoms with van der Waals surface area (Å²) in [6, 6.07) is 0. The van der Waals surface area contributed by atoms with E-state index in [2.05, 4.69) is 19.9 Å². The van der Waals surface area contributed by atoms with E-state index in [0.29, 0.717) is 29.8 Å². The molecule has 0 unspecified atom stereocenters. The molecule has 2 aromatic heterocycles. The second-order valence-corrected chi connectivity index (χ2v) is 6.93. The van der Waals surface area contributed by atoms with Crippen molar-refractivity contribution >= 4 is 21.4 Å². The van der Waals surface area contributed by atoms with Gasteiger partial charge in [-0.15, -0.1) is 11.3 Å². The average Bonchev–Trinajstić information content (AvgIpc) is 3.03. The van der Waals surface area contributed by atoms with Crippen molar-refractivity contribution in [1.29, 1.82) is 0 Å². The van der Waals surface area contributed by atoms with Gasteiger partial charge in [-0.2, -0.15) is 5.10 Å². The Bertz CT molecular complexity index is 649. The maximum absolute atomic E-state index is 12.2. The lowest BCUT2D eigenvalue weighted by atomic mass is 10.3. The van der Waals surface area contributed by atoms with Crippen LogP contribution in [0.3, 0.4) is 0 Å². The molecule has 20 heavy (non-hydrogen) atoms. The van der Waals surface area contributed by atoms with Gasteiger partial charge in [-0.05, 0) is 24.3 Å². The molecular weight excluding hydrogens is 300 g/mol. The van der Waals surface area contributed by atoms with E-state index >= 15 is 0 Å². The minimum Gasteiger partial charge on any atom is -0.391 e. The van der Waals surface area contributed by atoms with Crippen molar-refractivity contribution in [1.82, 2.24) is 19.9 Å². The molecule has 0 aliphatic rings. The topological polar surface area (TPSA) is 108 Å². The lowest BCUT2D eigenvalue weighted by Gasteiger charge is -2.07. The maximum Gasteiger partial charge on any atom is 0.242 e. The third kappa shape index (κ3) is 3.42. The molecule has 0 saturated carbocycles. The number of aliphatic hydroxyl groups is 1. The number of aryl methyl sites for hydroxylation is 2.